The van der Waals surface area contributed by atoms with Crippen molar-refractivity contribution in [2.45, 2.75) is 6.92 Å². The molecule has 2 heteroatoms. The van der Waals surface area contributed by atoms with Gasteiger partial charge in [-0.05, 0) is 0 Å². The topological polar surface area (TPSA) is 3.88 Å². The Labute approximate surface area is 98.6 Å². The molecule has 0 aliphatic carbocycles. The van der Waals surface area contributed by atoms with Crippen LogP contribution in [0.5, 0.6) is 0 Å². The first-order valence-corrected chi connectivity index (χ1v) is 7.37. The van der Waals surface area contributed by atoms with Gasteiger partial charge in [0.05, 0.1) is 0 Å². The SMILES string of the molecule is Cc1[te]c2ccc3ccccc3c2[n+]1C. The van der Waals surface area contributed by atoms with Crippen molar-refractivity contribution in [3.63, 3.8) is 0 Å². The van der Waals surface area contributed by atoms with E-state index in [4.69, 9.17) is 0 Å². The molecule has 0 saturated carbocycles. The Kier molecular flexibility index (Phi) is 2.09. The van der Waals surface area contributed by atoms with E-state index in [0.29, 0.717) is 0 Å². The number of rotatable bonds is 0. The molecular formula is C13H12NTe+. The molecule has 0 saturated heterocycles. The first kappa shape index (κ1) is 9.39. The fraction of sp³-hybridized carbons (Fsp3) is 0.154. The molecule has 2 aromatic carbocycles. The second-order valence-corrected chi connectivity index (χ2v) is 7.34. The molecule has 1 aromatic heterocycles. The number of aromatic nitrogens is 1. The van der Waals surface area contributed by atoms with E-state index < -0.39 is 0 Å². The number of aryl methyl sites for hydroxylation is 2. The van der Waals surface area contributed by atoms with E-state index in [1.807, 2.05) is 0 Å². The molecule has 0 amide bonds. The molecule has 74 valence electrons. The van der Waals surface area contributed by atoms with Crippen LogP contribution in [0.2, 0.25) is 0 Å². The summed E-state index contributed by atoms with van der Waals surface area (Å²) in [5.41, 5.74) is 1.45. The van der Waals surface area contributed by atoms with Gasteiger partial charge >= 0.3 is 98.8 Å². The molecule has 3 rings (SSSR count). The van der Waals surface area contributed by atoms with Crippen LogP contribution in [-0.4, -0.2) is 20.4 Å². The quantitative estimate of drug-likeness (QED) is 0.443. The number of hydrogen-bond acceptors (Lipinski definition) is 0. The summed E-state index contributed by atoms with van der Waals surface area (Å²) in [6.45, 7) is 2.26. The van der Waals surface area contributed by atoms with Crippen LogP contribution in [0.1, 0.15) is 3.71 Å². The average molecular weight is 310 g/mol. The molecule has 0 radical (unpaired) electrons. The van der Waals surface area contributed by atoms with E-state index in [9.17, 15) is 0 Å². The first-order valence-electron chi connectivity index (χ1n) is 5.04. The number of benzene rings is 2. The molecule has 15 heavy (non-hydrogen) atoms. The van der Waals surface area contributed by atoms with Crippen molar-refractivity contribution in [1.82, 2.24) is 0 Å². The predicted molar refractivity (Wildman–Crippen MR) is 64.3 cm³/mol. The van der Waals surface area contributed by atoms with E-state index in [0.717, 1.165) is 0 Å². The predicted octanol–water partition coefficient (Wildman–Crippen LogP) is 2.18. The Morgan fingerprint density at radius 1 is 1.07 bits per heavy atom. The van der Waals surface area contributed by atoms with Crippen molar-refractivity contribution >= 4 is 40.1 Å². The Balaban J connectivity index is 2.63. The minimum absolute atomic E-state index is 0.0958. The Hall–Kier alpha value is -0.840. The number of fused-ring (bicyclic) bond motifs is 3. The zero-order valence-electron chi connectivity index (χ0n) is 8.82. The maximum absolute atomic E-state index is 2.37. The van der Waals surface area contributed by atoms with Crippen LogP contribution >= 0.6 is 0 Å². The molecule has 0 spiro atoms. The van der Waals surface area contributed by atoms with Crippen LogP contribution in [0.25, 0.3) is 19.7 Å². The molecule has 0 atom stereocenters. The summed E-state index contributed by atoms with van der Waals surface area (Å²) >= 11 is -0.0958. The fourth-order valence-electron chi connectivity index (χ4n) is 2.05. The molecular weight excluding hydrogens is 298 g/mol. The van der Waals surface area contributed by atoms with Gasteiger partial charge in [-0.25, -0.2) is 0 Å². The van der Waals surface area contributed by atoms with Gasteiger partial charge < -0.3 is 0 Å². The summed E-state index contributed by atoms with van der Waals surface area (Å²) in [7, 11) is 2.19. The van der Waals surface area contributed by atoms with Gasteiger partial charge in [0.15, 0.2) is 0 Å². The van der Waals surface area contributed by atoms with Crippen LogP contribution in [0.4, 0.5) is 0 Å². The van der Waals surface area contributed by atoms with E-state index in [-0.39, 0.29) is 20.4 Å². The Bertz CT molecular complexity index is 652. The molecule has 1 heterocycles. The van der Waals surface area contributed by atoms with Crippen molar-refractivity contribution in [2.75, 3.05) is 0 Å². The van der Waals surface area contributed by atoms with Crippen LogP contribution in [0, 0.1) is 6.92 Å². The van der Waals surface area contributed by atoms with Crippen LogP contribution in [0.15, 0.2) is 36.4 Å². The average Bonchev–Trinajstić information content (AvgIpc) is 2.55. The normalized spacial score (nSPS) is 11.3. The second-order valence-electron chi connectivity index (χ2n) is 3.81. The molecule has 0 unspecified atom stereocenters. The van der Waals surface area contributed by atoms with E-state index in [1.54, 1.807) is 7.11 Å². The zero-order valence-corrected chi connectivity index (χ0v) is 11.1. The van der Waals surface area contributed by atoms with E-state index in [1.165, 1.54) is 16.3 Å². The first-order chi connectivity index (χ1) is 7.27. The maximum atomic E-state index is 2.37. The number of hydrogen-bond donors (Lipinski definition) is 0. The van der Waals surface area contributed by atoms with Crippen molar-refractivity contribution in [1.29, 1.82) is 0 Å². The standard InChI is InChI=1S/C13H12NTe/c1-9-14(2)13-11-6-4-3-5-10(11)7-8-12(13)15-9/h3-8H,1-2H3/q+1. The summed E-state index contributed by atoms with van der Waals surface area (Å²) in [6.07, 6.45) is 0. The van der Waals surface area contributed by atoms with Crippen LogP contribution in [-0.2, 0) is 7.05 Å². The Morgan fingerprint density at radius 2 is 1.87 bits per heavy atom. The third-order valence-corrected chi connectivity index (χ3v) is 6.12. The fourth-order valence-corrected chi connectivity index (χ4v) is 4.98. The number of nitrogens with zero attached hydrogens (tertiary/aromatic N) is 1. The van der Waals surface area contributed by atoms with Crippen molar-refractivity contribution < 1.29 is 4.57 Å². The van der Waals surface area contributed by atoms with E-state index >= 15 is 0 Å². The monoisotopic (exact) mass is 312 g/mol. The van der Waals surface area contributed by atoms with Gasteiger partial charge in [-0.1, -0.05) is 0 Å². The van der Waals surface area contributed by atoms with Gasteiger partial charge in [0.1, 0.15) is 0 Å². The third kappa shape index (κ3) is 1.33. The summed E-state index contributed by atoms with van der Waals surface area (Å²) < 4.78 is 5.52. The van der Waals surface area contributed by atoms with Crippen molar-refractivity contribution in [3.05, 3.63) is 40.1 Å². The van der Waals surface area contributed by atoms with Gasteiger partial charge in [-0.15, -0.1) is 0 Å². The van der Waals surface area contributed by atoms with Gasteiger partial charge in [-0.2, -0.15) is 0 Å². The van der Waals surface area contributed by atoms with Crippen molar-refractivity contribution in [3.8, 4) is 0 Å². The molecule has 0 bridgehead atoms. The Morgan fingerprint density at radius 3 is 2.73 bits per heavy atom. The van der Waals surface area contributed by atoms with Crippen molar-refractivity contribution in [2.24, 2.45) is 7.05 Å². The second kappa shape index (κ2) is 3.33. The zero-order chi connectivity index (χ0) is 10.4. The van der Waals surface area contributed by atoms with Gasteiger partial charge in [0, 0.05) is 0 Å². The van der Waals surface area contributed by atoms with Gasteiger partial charge in [0.25, 0.3) is 0 Å². The summed E-state index contributed by atoms with van der Waals surface area (Å²) in [5.74, 6) is 0. The molecule has 0 aliphatic rings. The summed E-state index contributed by atoms with van der Waals surface area (Å²) in [4.78, 5) is 0. The van der Waals surface area contributed by atoms with Gasteiger partial charge in [-0.3, -0.25) is 0 Å². The minimum atomic E-state index is -0.0958. The van der Waals surface area contributed by atoms with Crippen LogP contribution < -0.4 is 4.57 Å². The molecule has 0 fully saturated rings. The van der Waals surface area contributed by atoms with Gasteiger partial charge in [0.2, 0.25) is 0 Å². The molecule has 0 aliphatic heterocycles. The third-order valence-electron chi connectivity index (χ3n) is 2.93. The molecule has 1 nitrogen and oxygen atoms in total. The van der Waals surface area contributed by atoms with Crippen LogP contribution in [0.3, 0.4) is 0 Å². The summed E-state index contributed by atoms with van der Waals surface area (Å²) in [5, 5.41) is 2.75. The molecule has 0 N–H and O–H groups in total. The molecule has 3 aromatic rings. The van der Waals surface area contributed by atoms with E-state index in [2.05, 4.69) is 54.9 Å². The summed E-state index contributed by atoms with van der Waals surface area (Å²) in [6, 6.07) is 13.2.